The number of fused-ring (bicyclic) bond motifs is 1. The minimum atomic E-state index is -0.361. The van der Waals surface area contributed by atoms with Crippen LogP contribution < -0.4 is 5.32 Å². The van der Waals surface area contributed by atoms with Crippen LogP contribution in [0.2, 0.25) is 0 Å². The predicted octanol–water partition coefficient (Wildman–Crippen LogP) is 2.62. The summed E-state index contributed by atoms with van der Waals surface area (Å²) in [6.07, 6.45) is 3.12. The van der Waals surface area contributed by atoms with Gasteiger partial charge >= 0.3 is 0 Å². The number of amides is 3. The van der Waals surface area contributed by atoms with E-state index in [1.54, 1.807) is 24.3 Å². The van der Waals surface area contributed by atoms with Crippen LogP contribution in [0.1, 0.15) is 56.4 Å². The number of nitrogens with zero attached hydrogens (tertiary/aromatic N) is 5. The molecule has 0 saturated carbocycles. The average molecular weight is 404 g/mol. The Morgan fingerprint density at radius 1 is 1.07 bits per heavy atom. The molecule has 9 nitrogen and oxygen atoms in total. The van der Waals surface area contributed by atoms with Crippen molar-refractivity contribution in [3.8, 4) is 5.69 Å². The Morgan fingerprint density at radius 3 is 2.57 bits per heavy atom. The number of aryl methyl sites for hydroxylation is 1. The lowest BCUT2D eigenvalue weighted by Crippen LogP contribution is -2.30. The van der Waals surface area contributed by atoms with E-state index in [0.29, 0.717) is 23.4 Å². The van der Waals surface area contributed by atoms with Crippen molar-refractivity contribution in [2.45, 2.75) is 26.7 Å². The number of hydrogen-bond donors (Lipinski definition) is 1. The van der Waals surface area contributed by atoms with Crippen LogP contribution in [0.4, 0.5) is 5.69 Å². The summed E-state index contributed by atoms with van der Waals surface area (Å²) in [4.78, 5) is 39.0. The van der Waals surface area contributed by atoms with Gasteiger partial charge in [0.05, 0.1) is 16.8 Å². The standard InChI is InChI=1S/C21H20N6O3/c1-3-4-9-26-20(29)16-7-5-14(11-17(16)21(26)30)19(28)23-15-6-8-18(13(2)10-15)27-12-22-24-25-27/h5-8,10-12H,3-4,9H2,1-2H3,(H,23,28). The normalized spacial score (nSPS) is 12.9. The first-order chi connectivity index (χ1) is 14.5. The third kappa shape index (κ3) is 3.45. The monoisotopic (exact) mass is 404 g/mol. The zero-order valence-corrected chi connectivity index (χ0v) is 16.6. The molecule has 0 fully saturated rings. The van der Waals surface area contributed by atoms with Crippen LogP contribution in [-0.4, -0.2) is 49.4 Å². The number of rotatable bonds is 6. The van der Waals surface area contributed by atoms with E-state index >= 15 is 0 Å². The highest BCUT2D eigenvalue weighted by atomic mass is 16.2. The molecule has 2 aromatic carbocycles. The van der Waals surface area contributed by atoms with E-state index in [9.17, 15) is 14.4 Å². The molecule has 0 spiro atoms. The Balaban J connectivity index is 1.53. The largest absolute Gasteiger partial charge is 0.322 e. The number of hydrogen-bond acceptors (Lipinski definition) is 6. The van der Waals surface area contributed by atoms with Crippen molar-refractivity contribution in [2.75, 3.05) is 11.9 Å². The van der Waals surface area contributed by atoms with E-state index in [1.807, 2.05) is 19.9 Å². The third-order valence-electron chi connectivity index (χ3n) is 5.02. The van der Waals surface area contributed by atoms with Gasteiger partial charge in [-0.05, 0) is 65.7 Å². The summed E-state index contributed by atoms with van der Waals surface area (Å²) in [5.74, 6) is -1.01. The maximum atomic E-state index is 12.7. The quantitative estimate of drug-likeness (QED) is 0.633. The smallest absolute Gasteiger partial charge is 0.261 e. The molecule has 1 aromatic heterocycles. The fourth-order valence-electron chi connectivity index (χ4n) is 3.42. The molecule has 0 aliphatic carbocycles. The Labute approximate surface area is 172 Å². The molecule has 1 aliphatic rings. The molecule has 1 aliphatic heterocycles. The molecule has 0 radical (unpaired) electrons. The molecule has 0 saturated heterocycles. The molecule has 3 amide bonds. The summed E-state index contributed by atoms with van der Waals surface area (Å²) >= 11 is 0. The maximum Gasteiger partial charge on any atom is 0.261 e. The Hall–Kier alpha value is -3.88. The topological polar surface area (TPSA) is 110 Å². The van der Waals surface area contributed by atoms with Gasteiger partial charge in [0.1, 0.15) is 6.33 Å². The molecule has 0 bridgehead atoms. The highest BCUT2D eigenvalue weighted by Crippen LogP contribution is 2.25. The van der Waals surface area contributed by atoms with Gasteiger partial charge in [-0.1, -0.05) is 13.3 Å². The Morgan fingerprint density at radius 2 is 1.87 bits per heavy atom. The van der Waals surface area contributed by atoms with Gasteiger partial charge in [0, 0.05) is 17.8 Å². The second-order valence-corrected chi connectivity index (χ2v) is 7.09. The number of anilines is 1. The van der Waals surface area contributed by atoms with Crippen molar-refractivity contribution >= 4 is 23.4 Å². The zero-order chi connectivity index (χ0) is 21.3. The number of unbranched alkanes of at least 4 members (excludes halogenated alkanes) is 1. The van der Waals surface area contributed by atoms with Crippen molar-refractivity contribution in [3.05, 3.63) is 65.0 Å². The van der Waals surface area contributed by atoms with E-state index in [0.717, 1.165) is 24.1 Å². The summed E-state index contributed by atoms with van der Waals surface area (Å²) in [5.41, 5.74) is 3.20. The molecular formula is C21H20N6O3. The fourth-order valence-corrected chi connectivity index (χ4v) is 3.42. The lowest BCUT2D eigenvalue weighted by Gasteiger charge is -2.12. The molecule has 2 heterocycles. The van der Waals surface area contributed by atoms with Gasteiger partial charge in [0.15, 0.2) is 0 Å². The first kappa shape index (κ1) is 19.4. The van der Waals surface area contributed by atoms with Crippen LogP contribution in [-0.2, 0) is 0 Å². The van der Waals surface area contributed by atoms with Crippen molar-refractivity contribution in [1.29, 1.82) is 0 Å². The SMILES string of the molecule is CCCCN1C(=O)c2ccc(C(=O)Nc3ccc(-n4cnnn4)c(C)c3)cc2C1=O. The summed E-state index contributed by atoms with van der Waals surface area (Å²) in [6, 6.07) is 9.95. The molecular weight excluding hydrogens is 384 g/mol. The predicted molar refractivity (Wildman–Crippen MR) is 109 cm³/mol. The van der Waals surface area contributed by atoms with E-state index < -0.39 is 0 Å². The number of imide groups is 1. The minimum Gasteiger partial charge on any atom is -0.322 e. The molecule has 1 N–H and O–H groups in total. The van der Waals surface area contributed by atoms with E-state index in [2.05, 4.69) is 20.8 Å². The highest BCUT2D eigenvalue weighted by Gasteiger charge is 2.35. The van der Waals surface area contributed by atoms with Crippen molar-refractivity contribution < 1.29 is 14.4 Å². The molecule has 0 atom stereocenters. The first-order valence-electron chi connectivity index (χ1n) is 9.65. The van der Waals surface area contributed by atoms with Crippen LogP contribution in [0.5, 0.6) is 0 Å². The number of carbonyl (C=O) groups is 3. The second kappa shape index (κ2) is 7.86. The summed E-state index contributed by atoms with van der Waals surface area (Å²) < 4.78 is 1.54. The number of aromatic nitrogens is 4. The second-order valence-electron chi connectivity index (χ2n) is 7.09. The van der Waals surface area contributed by atoms with Gasteiger partial charge in [0.2, 0.25) is 0 Å². The first-order valence-corrected chi connectivity index (χ1v) is 9.65. The van der Waals surface area contributed by atoms with Crippen LogP contribution >= 0.6 is 0 Å². The summed E-state index contributed by atoms with van der Waals surface area (Å²) in [6.45, 7) is 4.27. The van der Waals surface area contributed by atoms with Gasteiger partial charge in [-0.25, -0.2) is 4.68 Å². The zero-order valence-electron chi connectivity index (χ0n) is 16.6. The Kier molecular flexibility index (Phi) is 5.09. The third-order valence-corrected chi connectivity index (χ3v) is 5.02. The van der Waals surface area contributed by atoms with E-state index in [4.69, 9.17) is 0 Å². The minimum absolute atomic E-state index is 0.272. The molecule has 30 heavy (non-hydrogen) atoms. The highest BCUT2D eigenvalue weighted by molar-refractivity contribution is 6.22. The van der Waals surface area contributed by atoms with E-state index in [-0.39, 0.29) is 23.3 Å². The lowest BCUT2D eigenvalue weighted by molar-refractivity contribution is 0.0652. The van der Waals surface area contributed by atoms with Gasteiger partial charge < -0.3 is 5.32 Å². The molecule has 9 heteroatoms. The van der Waals surface area contributed by atoms with Crippen LogP contribution in [0.3, 0.4) is 0 Å². The van der Waals surface area contributed by atoms with E-state index in [1.165, 1.54) is 22.0 Å². The van der Waals surface area contributed by atoms with Gasteiger partial charge in [-0.2, -0.15) is 0 Å². The average Bonchev–Trinajstić information content (AvgIpc) is 3.34. The van der Waals surface area contributed by atoms with Gasteiger partial charge in [-0.3, -0.25) is 19.3 Å². The maximum absolute atomic E-state index is 12.7. The molecule has 0 unspecified atom stereocenters. The van der Waals surface area contributed by atoms with Crippen molar-refractivity contribution in [3.63, 3.8) is 0 Å². The van der Waals surface area contributed by atoms with Crippen molar-refractivity contribution in [2.24, 2.45) is 0 Å². The number of nitrogens with one attached hydrogen (secondary N) is 1. The van der Waals surface area contributed by atoms with Gasteiger partial charge in [-0.15, -0.1) is 5.10 Å². The van der Waals surface area contributed by atoms with Crippen LogP contribution in [0, 0.1) is 6.92 Å². The van der Waals surface area contributed by atoms with Crippen molar-refractivity contribution in [1.82, 2.24) is 25.1 Å². The van der Waals surface area contributed by atoms with Gasteiger partial charge in [0.25, 0.3) is 17.7 Å². The van der Waals surface area contributed by atoms with Crippen LogP contribution in [0.25, 0.3) is 5.69 Å². The fraction of sp³-hybridized carbons (Fsp3) is 0.238. The molecule has 4 rings (SSSR count). The lowest BCUT2D eigenvalue weighted by atomic mass is 10.1. The summed E-state index contributed by atoms with van der Waals surface area (Å²) in [5, 5.41) is 13.9. The van der Waals surface area contributed by atoms with Crippen LogP contribution in [0.15, 0.2) is 42.7 Å². The number of tetrazole rings is 1. The summed E-state index contributed by atoms with van der Waals surface area (Å²) in [7, 11) is 0. The molecule has 152 valence electrons. The molecule has 3 aromatic rings. The number of carbonyl (C=O) groups excluding carboxylic acids is 3. The Bertz CT molecular complexity index is 1140. The number of benzene rings is 2.